The van der Waals surface area contributed by atoms with Crippen LogP contribution in [0.3, 0.4) is 0 Å². The summed E-state index contributed by atoms with van der Waals surface area (Å²) in [5.74, 6) is -0.492. The van der Waals surface area contributed by atoms with Crippen molar-refractivity contribution in [3.63, 3.8) is 0 Å². The predicted molar refractivity (Wildman–Crippen MR) is 75.0 cm³/mol. The van der Waals surface area contributed by atoms with E-state index in [2.05, 4.69) is 6.92 Å². The Bertz CT molecular complexity index is 582. The standard InChI is InChI=1S/C17H17FO/c1-3-5-13-6-4-7-14(10-13)17(19)15-8-12(2)9-16(18)11-15/h4,6-11H,3,5H2,1-2H3. The van der Waals surface area contributed by atoms with Crippen LogP contribution in [-0.2, 0) is 6.42 Å². The molecule has 0 radical (unpaired) electrons. The molecule has 0 atom stereocenters. The van der Waals surface area contributed by atoms with E-state index in [9.17, 15) is 9.18 Å². The van der Waals surface area contributed by atoms with Crippen LogP contribution in [0.2, 0.25) is 0 Å². The average Bonchev–Trinajstić information content (AvgIpc) is 2.37. The molecule has 0 aliphatic rings. The summed E-state index contributed by atoms with van der Waals surface area (Å²) in [6.07, 6.45) is 1.99. The quantitative estimate of drug-likeness (QED) is 0.745. The second kappa shape index (κ2) is 5.79. The van der Waals surface area contributed by atoms with Crippen molar-refractivity contribution in [1.29, 1.82) is 0 Å². The van der Waals surface area contributed by atoms with Crippen molar-refractivity contribution < 1.29 is 9.18 Å². The molecule has 0 unspecified atom stereocenters. The number of halogens is 1. The lowest BCUT2D eigenvalue weighted by Crippen LogP contribution is -2.03. The Labute approximate surface area is 113 Å². The molecule has 0 saturated heterocycles. The fourth-order valence-electron chi connectivity index (χ4n) is 2.19. The summed E-state index contributed by atoms with van der Waals surface area (Å²) in [6, 6.07) is 12.0. The van der Waals surface area contributed by atoms with Crippen LogP contribution < -0.4 is 0 Å². The first-order chi connectivity index (χ1) is 9.10. The Kier molecular flexibility index (Phi) is 4.10. The molecule has 0 aliphatic heterocycles. The number of carbonyl (C=O) groups excluding carboxylic acids is 1. The SMILES string of the molecule is CCCc1cccc(C(=O)c2cc(C)cc(F)c2)c1. The molecule has 2 aromatic rings. The van der Waals surface area contributed by atoms with E-state index in [4.69, 9.17) is 0 Å². The van der Waals surface area contributed by atoms with Gasteiger partial charge in [-0.3, -0.25) is 4.79 Å². The number of ketones is 1. The predicted octanol–water partition coefficient (Wildman–Crippen LogP) is 4.32. The number of rotatable bonds is 4. The lowest BCUT2D eigenvalue weighted by Gasteiger charge is -2.05. The van der Waals surface area contributed by atoms with Gasteiger partial charge >= 0.3 is 0 Å². The molecule has 0 aliphatic carbocycles. The third-order valence-electron chi connectivity index (χ3n) is 3.03. The molecular weight excluding hydrogens is 239 g/mol. The average molecular weight is 256 g/mol. The number of aryl methyl sites for hydroxylation is 2. The number of hydrogen-bond acceptors (Lipinski definition) is 1. The second-order valence-corrected chi connectivity index (χ2v) is 4.80. The molecule has 98 valence electrons. The third-order valence-corrected chi connectivity index (χ3v) is 3.03. The van der Waals surface area contributed by atoms with Gasteiger partial charge in [-0.2, -0.15) is 0 Å². The fourth-order valence-corrected chi connectivity index (χ4v) is 2.19. The van der Waals surface area contributed by atoms with Gasteiger partial charge in [-0.05, 0) is 48.7 Å². The van der Waals surface area contributed by atoms with E-state index in [1.165, 1.54) is 12.1 Å². The fraction of sp³-hybridized carbons (Fsp3) is 0.235. The molecule has 19 heavy (non-hydrogen) atoms. The maximum Gasteiger partial charge on any atom is 0.193 e. The van der Waals surface area contributed by atoms with E-state index in [0.29, 0.717) is 11.1 Å². The van der Waals surface area contributed by atoms with Gasteiger partial charge in [-0.15, -0.1) is 0 Å². The number of carbonyl (C=O) groups is 1. The third kappa shape index (κ3) is 3.28. The van der Waals surface area contributed by atoms with Gasteiger partial charge in [0.2, 0.25) is 0 Å². The van der Waals surface area contributed by atoms with Crippen molar-refractivity contribution in [3.8, 4) is 0 Å². The molecule has 2 rings (SSSR count). The largest absolute Gasteiger partial charge is 0.289 e. The first-order valence-electron chi connectivity index (χ1n) is 6.51. The Morgan fingerprint density at radius 3 is 2.58 bits per heavy atom. The minimum absolute atomic E-state index is 0.124. The zero-order chi connectivity index (χ0) is 13.8. The zero-order valence-corrected chi connectivity index (χ0v) is 11.2. The van der Waals surface area contributed by atoms with Gasteiger partial charge < -0.3 is 0 Å². The molecule has 0 bridgehead atoms. The summed E-state index contributed by atoms with van der Waals surface area (Å²) in [5.41, 5.74) is 2.93. The van der Waals surface area contributed by atoms with E-state index >= 15 is 0 Å². The smallest absolute Gasteiger partial charge is 0.193 e. The highest BCUT2D eigenvalue weighted by molar-refractivity contribution is 6.09. The van der Waals surface area contributed by atoms with Gasteiger partial charge in [0.05, 0.1) is 0 Å². The van der Waals surface area contributed by atoms with Crippen LogP contribution in [-0.4, -0.2) is 5.78 Å². The highest BCUT2D eigenvalue weighted by Gasteiger charge is 2.11. The Morgan fingerprint density at radius 1 is 1.11 bits per heavy atom. The van der Waals surface area contributed by atoms with Crippen LogP contribution >= 0.6 is 0 Å². The molecule has 0 spiro atoms. The van der Waals surface area contributed by atoms with Crippen LogP contribution in [0.25, 0.3) is 0 Å². The lowest BCUT2D eigenvalue weighted by atomic mass is 9.99. The van der Waals surface area contributed by atoms with E-state index in [1.54, 1.807) is 19.1 Å². The molecule has 1 nitrogen and oxygen atoms in total. The van der Waals surface area contributed by atoms with Crippen molar-refractivity contribution in [2.24, 2.45) is 0 Å². The van der Waals surface area contributed by atoms with Gasteiger partial charge in [0.15, 0.2) is 5.78 Å². The molecule has 0 saturated carbocycles. The van der Waals surface area contributed by atoms with E-state index in [-0.39, 0.29) is 11.6 Å². The van der Waals surface area contributed by atoms with Crippen molar-refractivity contribution in [2.75, 3.05) is 0 Å². The number of benzene rings is 2. The molecule has 0 amide bonds. The van der Waals surface area contributed by atoms with Gasteiger partial charge in [0.25, 0.3) is 0 Å². The minimum Gasteiger partial charge on any atom is -0.289 e. The summed E-state index contributed by atoms with van der Waals surface area (Å²) >= 11 is 0. The Hall–Kier alpha value is -1.96. The molecule has 0 N–H and O–H groups in total. The van der Waals surface area contributed by atoms with Crippen molar-refractivity contribution >= 4 is 5.78 Å². The summed E-state index contributed by atoms with van der Waals surface area (Å²) in [6.45, 7) is 3.89. The highest BCUT2D eigenvalue weighted by Crippen LogP contribution is 2.15. The monoisotopic (exact) mass is 256 g/mol. The Balaban J connectivity index is 2.35. The first kappa shape index (κ1) is 13.5. The Morgan fingerprint density at radius 2 is 1.89 bits per heavy atom. The van der Waals surface area contributed by atoms with E-state index in [0.717, 1.165) is 24.0 Å². The van der Waals surface area contributed by atoms with Crippen LogP contribution in [0.1, 0.15) is 40.4 Å². The zero-order valence-electron chi connectivity index (χ0n) is 11.2. The normalized spacial score (nSPS) is 10.5. The van der Waals surface area contributed by atoms with Crippen LogP contribution in [0.15, 0.2) is 42.5 Å². The van der Waals surface area contributed by atoms with Gasteiger partial charge in [0, 0.05) is 11.1 Å². The lowest BCUT2D eigenvalue weighted by molar-refractivity contribution is 0.103. The van der Waals surface area contributed by atoms with Crippen LogP contribution in [0, 0.1) is 12.7 Å². The molecular formula is C17H17FO. The maximum absolute atomic E-state index is 13.4. The highest BCUT2D eigenvalue weighted by atomic mass is 19.1. The van der Waals surface area contributed by atoms with Gasteiger partial charge in [-0.1, -0.05) is 31.5 Å². The van der Waals surface area contributed by atoms with E-state index < -0.39 is 0 Å². The maximum atomic E-state index is 13.4. The minimum atomic E-state index is -0.368. The summed E-state index contributed by atoms with van der Waals surface area (Å²) < 4.78 is 13.4. The molecule has 0 aromatic heterocycles. The van der Waals surface area contributed by atoms with Crippen molar-refractivity contribution in [2.45, 2.75) is 26.7 Å². The van der Waals surface area contributed by atoms with Crippen molar-refractivity contribution in [1.82, 2.24) is 0 Å². The molecule has 0 fully saturated rings. The summed E-state index contributed by atoms with van der Waals surface area (Å²) in [4.78, 5) is 12.3. The molecule has 2 aromatic carbocycles. The summed E-state index contributed by atoms with van der Waals surface area (Å²) in [7, 11) is 0. The molecule has 0 heterocycles. The van der Waals surface area contributed by atoms with Crippen molar-refractivity contribution in [3.05, 3.63) is 70.5 Å². The topological polar surface area (TPSA) is 17.1 Å². The first-order valence-corrected chi connectivity index (χ1v) is 6.51. The van der Waals surface area contributed by atoms with Gasteiger partial charge in [0.1, 0.15) is 5.82 Å². The molecule has 2 heteroatoms. The summed E-state index contributed by atoms with van der Waals surface area (Å²) in [5, 5.41) is 0. The number of hydrogen-bond donors (Lipinski definition) is 0. The van der Waals surface area contributed by atoms with Crippen LogP contribution in [0.4, 0.5) is 4.39 Å². The van der Waals surface area contributed by atoms with Gasteiger partial charge in [-0.25, -0.2) is 4.39 Å². The second-order valence-electron chi connectivity index (χ2n) is 4.80. The van der Waals surface area contributed by atoms with E-state index in [1.807, 2.05) is 18.2 Å². The van der Waals surface area contributed by atoms with Crippen LogP contribution in [0.5, 0.6) is 0 Å².